The van der Waals surface area contributed by atoms with Gasteiger partial charge in [0.25, 0.3) is 0 Å². The highest BCUT2D eigenvalue weighted by Crippen LogP contribution is 2.09. The third-order valence-corrected chi connectivity index (χ3v) is 2.89. The molecule has 6 nitrogen and oxygen atoms in total. The van der Waals surface area contributed by atoms with Crippen LogP contribution in [0.1, 0.15) is 5.56 Å². The smallest absolute Gasteiger partial charge is 0.331 e. The van der Waals surface area contributed by atoms with Gasteiger partial charge in [-0.2, -0.15) is 0 Å². The highest BCUT2D eigenvalue weighted by Gasteiger charge is 2.45. The van der Waals surface area contributed by atoms with E-state index in [1.165, 1.54) is 7.11 Å². The second kappa shape index (κ2) is 5.51. The van der Waals surface area contributed by atoms with Crippen molar-refractivity contribution in [2.24, 2.45) is 0 Å². The Labute approximate surface area is 110 Å². The van der Waals surface area contributed by atoms with Crippen LogP contribution in [-0.4, -0.2) is 37.0 Å². The van der Waals surface area contributed by atoms with Gasteiger partial charge < -0.3 is 15.4 Å². The Balaban J connectivity index is 1.91. The Kier molecular flexibility index (Phi) is 3.79. The van der Waals surface area contributed by atoms with Crippen LogP contribution in [0, 0.1) is 0 Å². The molecule has 1 aromatic rings. The number of carbonyl (C=O) groups is 3. The van der Waals surface area contributed by atoms with Crippen LogP contribution in [-0.2, 0) is 25.5 Å². The molecule has 1 fully saturated rings. The summed E-state index contributed by atoms with van der Waals surface area (Å²) in [6, 6.07) is 7.51. The number of methoxy groups -OCH3 is 1. The molecular weight excluding hydrogens is 248 g/mol. The van der Waals surface area contributed by atoms with Crippen molar-refractivity contribution in [1.29, 1.82) is 0 Å². The zero-order chi connectivity index (χ0) is 13.8. The van der Waals surface area contributed by atoms with Crippen molar-refractivity contribution in [1.82, 2.24) is 10.6 Å². The Bertz CT molecular complexity index is 501. The van der Waals surface area contributed by atoms with E-state index in [4.69, 9.17) is 0 Å². The van der Waals surface area contributed by atoms with Gasteiger partial charge in [0.2, 0.25) is 11.8 Å². The van der Waals surface area contributed by atoms with E-state index >= 15 is 0 Å². The summed E-state index contributed by atoms with van der Waals surface area (Å²) in [4.78, 5) is 34.4. The van der Waals surface area contributed by atoms with E-state index in [1.54, 1.807) is 0 Å². The SMILES string of the molecule is COC(=O)C1NC(=O)C1NC(=O)Cc1ccccc1. The normalized spacial score (nSPS) is 21.0. The van der Waals surface area contributed by atoms with Gasteiger partial charge in [-0.05, 0) is 5.56 Å². The van der Waals surface area contributed by atoms with Crippen LogP contribution in [0.5, 0.6) is 0 Å². The van der Waals surface area contributed by atoms with Gasteiger partial charge in [-0.3, -0.25) is 9.59 Å². The second-order valence-corrected chi connectivity index (χ2v) is 4.22. The fraction of sp³-hybridized carbons (Fsp3) is 0.308. The average Bonchev–Trinajstić information content (AvgIpc) is 2.42. The average molecular weight is 262 g/mol. The predicted molar refractivity (Wildman–Crippen MR) is 66.0 cm³/mol. The summed E-state index contributed by atoms with van der Waals surface area (Å²) < 4.78 is 4.53. The fourth-order valence-electron chi connectivity index (χ4n) is 1.86. The molecule has 0 aromatic heterocycles. The molecule has 100 valence electrons. The largest absolute Gasteiger partial charge is 0.467 e. The summed E-state index contributed by atoms with van der Waals surface area (Å²) in [5.74, 6) is -1.25. The first-order valence-electron chi connectivity index (χ1n) is 5.83. The molecule has 2 atom stereocenters. The van der Waals surface area contributed by atoms with Gasteiger partial charge in [0.05, 0.1) is 13.5 Å². The molecule has 0 spiro atoms. The number of benzene rings is 1. The number of carbonyl (C=O) groups excluding carboxylic acids is 3. The van der Waals surface area contributed by atoms with Gasteiger partial charge in [-0.1, -0.05) is 30.3 Å². The molecule has 0 aliphatic carbocycles. The van der Waals surface area contributed by atoms with Crippen LogP contribution in [0.4, 0.5) is 0 Å². The molecule has 6 heteroatoms. The van der Waals surface area contributed by atoms with Crippen molar-refractivity contribution in [3.8, 4) is 0 Å². The lowest BCUT2D eigenvalue weighted by Crippen LogP contribution is -2.72. The van der Waals surface area contributed by atoms with Crippen LogP contribution in [0.15, 0.2) is 30.3 Å². The maximum absolute atomic E-state index is 11.8. The van der Waals surface area contributed by atoms with E-state index in [-0.39, 0.29) is 18.2 Å². The van der Waals surface area contributed by atoms with Crippen LogP contribution in [0.3, 0.4) is 0 Å². The summed E-state index contributed by atoms with van der Waals surface area (Å²) in [5.41, 5.74) is 0.842. The molecule has 0 radical (unpaired) electrons. The fourth-order valence-corrected chi connectivity index (χ4v) is 1.86. The molecule has 1 saturated heterocycles. The minimum Gasteiger partial charge on any atom is -0.467 e. The van der Waals surface area contributed by atoms with E-state index in [9.17, 15) is 14.4 Å². The van der Waals surface area contributed by atoms with Crippen molar-refractivity contribution < 1.29 is 19.1 Å². The molecule has 2 unspecified atom stereocenters. The Morgan fingerprint density at radius 1 is 1.32 bits per heavy atom. The van der Waals surface area contributed by atoms with Gasteiger partial charge in [0, 0.05) is 0 Å². The molecule has 2 amide bonds. The van der Waals surface area contributed by atoms with Gasteiger partial charge in [0.15, 0.2) is 6.04 Å². The van der Waals surface area contributed by atoms with Crippen LogP contribution >= 0.6 is 0 Å². The summed E-state index contributed by atoms with van der Waals surface area (Å²) >= 11 is 0. The van der Waals surface area contributed by atoms with Crippen molar-refractivity contribution in [2.75, 3.05) is 7.11 Å². The number of nitrogens with one attached hydrogen (secondary N) is 2. The molecule has 1 aromatic carbocycles. The Hall–Kier alpha value is -2.37. The molecular formula is C13H14N2O4. The van der Waals surface area contributed by atoms with Crippen LogP contribution in [0.25, 0.3) is 0 Å². The minimum atomic E-state index is -0.844. The minimum absolute atomic E-state index is 0.165. The maximum atomic E-state index is 11.8. The van der Waals surface area contributed by atoms with E-state index in [1.807, 2.05) is 30.3 Å². The van der Waals surface area contributed by atoms with Crippen molar-refractivity contribution in [3.05, 3.63) is 35.9 Å². The lowest BCUT2D eigenvalue weighted by molar-refractivity contribution is -0.153. The second-order valence-electron chi connectivity index (χ2n) is 4.22. The number of rotatable bonds is 4. The topological polar surface area (TPSA) is 84.5 Å². The number of β-lactam (4-membered cyclic amide) rings is 1. The van der Waals surface area contributed by atoms with Crippen LogP contribution in [0.2, 0.25) is 0 Å². The van der Waals surface area contributed by atoms with Gasteiger partial charge in [-0.25, -0.2) is 4.79 Å². The zero-order valence-corrected chi connectivity index (χ0v) is 10.4. The third-order valence-electron chi connectivity index (χ3n) is 2.89. The molecule has 0 bridgehead atoms. The lowest BCUT2D eigenvalue weighted by Gasteiger charge is -2.34. The summed E-state index contributed by atoms with van der Waals surface area (Å²) in [7, 11) is 1.23. The first kappa shape index (κ1) is 13.1. The quantitative estimate of drug-likeness (QED) is 0.560. The zero-order valence-electron chi connectivity index (χ0n) is 10.4. The number of amides is 2. The molecule has 1 heterocycles. The van der Waals surface area contributed by atoms with Gasteiger partial charge in [0.1, 0.15) is 6.04 Å². The first-order valence-corrected chi connectivity index (χ1v) is 5.83. The van der Waals surface area contributed by atoms with Crippen molar-refractivity contribution in [3.63, 3.8) is 0 Å². The third kappa shape index (κ3) is 2.90. The highest BCUT2D eigenvalue weighted by atomic mass is 16.5. The summed E-state index contributed by atoms with van der Waals surface area (Å²) in [6.07, 6.45) is 0.165. The number of hydrogen-bond acceptors (Lipinski definition) is 4. The molecule has 1 aliphatic rings. The lowest BCUT2D eigenvalue weighted by atomic mass is 9.98. The number of hydrogen-bond donors (Lipinski definition) is 2. The predicted octanol–water partition coefficient (Wildman–Crippen LogP) is -0.615. The van der Waals surface area contributed by atoms with Crippen molar-refractivity contribution in [2.45, 2.75) is 18.5 Å². The molecule has 2 rings (SSSR count). The highest BCUT2D eigenvalue weighted by molar-refractivity contribution is 6.02. The number of ether oxygens (including phenoxy) is 1. The molecule has 2 N–H and O–H groups in total. The number of esters is 1. The molecule has 19 heavy (non-hydrogen) atoms. The monoisotopic (exact) mass is 262 g/mol. The van der Waals surface area contributed by atoms with E-state index < -0.39 is 18.1 Å². The molecule has 1 aliphatic heterocycles. The Morgan fingerprint density at radius 2 is 2.00 bits per heavy atom. The van der Waals surface area contributed by atoms with Crippen LogP contribution < -0.4 is 10.6 Å². The van der Waals surface area contributed by atoms with Gasteiger partial charge >= 0.3 is 5.97 Å². The standard InChI is InChI=1S/C13H14N2O4/c1-19-13(18)11-10(12(17)15-11)14-9(16)7-8-5-3-2-4-6-8/h2-6,10-11H,7H2,1H3,(H,14,16)(H,15,17). The van der Waals surface area contributed by atoms with Crippen molar-refractivity contribution >= 4 is 17.8 Å². The maximum Gasteiger partial charge on any atom is 0.331 e. The van der Waals surface area contributed by atoms with E-state index in [0.717, 1.165) is 5.56 Å². The summed E-state index contributed by atoms with van der Waals surface area (Å²) in [6.45, 7) is 0. The van der Waals surface area contributed by atoms with E-state index in [2.05, 4.69) is 15.4 Å². The Morgan fingerprint density at radius 3 is 2.58 bits per heavy atom. The summed E-state index contributed by atoms with van der Waals surface area (Å²) in [5, 5.41) is 4.91. The van der Waals surface area contributed by atoms with Gasteiger partial charge in [-0.15, -0.1) is 0 Å². The first-order chi connectivity index (χ1) is 9.11. The molecule has 0 saturated carbocycles. The van der Waals surface area contributed by atoms with E-state index in [0.29, 0.717) is 0 Å².